The molecule has 0 atom stereocenters. The van der Waals surface area contributed by atoms with Crippen LogP contribution in [0.3, 0.4) is 0 Å². The summed E-state index contributed by atoms with van der Waals surface area (Å²) in [7, 11) is 0. The highest BCUT2D eigenvalue weighted by atomic mass is 16.5. The lowest BCUT2D eigenvalue weighted by Gasteiger charge is -2.26. The SMILES string of the molecule is CCCOc1ccc(CNCC2(CO)CCCC2)cc1. The molecule has 0 heterocycles. The van der Waals surface area contributed by atoms with Crippen LogP contribution >= 0.6 is 0 Å². The van der Waals surface area contributed by atoms with Gasteiger partial charge in [0.2, 0.25) is 0 Å². The van der Waals surface area contributed by atoms with Crippen LogP contribution in [0.1, 0.15) is 44.6 Å². The molecule has 0 amide bonds. The lowest BCUT2D eigenvalue weighted by molar-refractivity contribution is 0.128. The summed E-state index contributed by atoms with van der Waals surface area (Å²) in [6.45, 7) is 4.96. The van der Waals surface area contributed by atoms with E-state index in [2.05, 4.69) is 24.4 Å². The summed E-state index contributed by atoms with van der Waals surface area (Å²) in [5.41, 5.74) is 1.39. The maximum atomic E-state index is 9.58. The Morgan fingerprint density at radius 1 is 1.20 bits per heavy atom. The number of hydrogen-bond donors (Lipinski definition) is 2. The van der Waals surface area contributed by atoms with E-state index < -0.39 is 0 Å². The Labute approximate surface area is 122 Å². The van der Waals surface area contributed by atoms with Gasteiger partial charge in [0.25, 0.3) is 0 Å². The lowest BCUT2D eigenvalue weighted by atomic mass is 9.87. The molecule has 1 saturated carbocycles. The van der Waals surface area contributed by atoms with Gasteiger partial charge in [-0.25, -0.2) is 0 Å². The van der Waals surface area contributed by atoms with E-state index >= 15 is 0 Å². The Bertz CT molecular complexity index is 382. The fourth-order valence-electron chi connectivity index (χ4n) is 2.91. The van der Waals surface area contributed by atoms with E-state index in [-0.39, 0.29) is 5.41 Å². The average molecular weight is 277 g/mol. The number of hydrogen-bond acceptors (Lipinski definition) is 3. The second-order valence-corrected chi connectivity index (χ2v) is 5.96. The normalized spacial score (nSPS) is 17.3. The summed E-state index contributed by atoms with van der Waals surface area (Å²) in [5, 5.41) is 13.1. The molecule has 3 heteroatoms. The molecule has 3 nitrogen and oxygen atoms in total. The fraction of sp³-hybridized carbons (Fsp3) is 0.647. The molecular formula is C17H27NO2. The van der Waals surface area contributed by atoms with Gasteiger partial charge in [-0.15, -0.1) is 0 Å². The van der Waals surface area contributed by atoms with E-state index in [0.717, 1.165) is 44.7 Å². The van der Waals surface area contributed by atoms with E-state index in [0.29, 0.717) is 6.61 Å². The zero-order chi connectivity index (χ0) is 14.3. The Morgan fingerprint density at radius 2 is 1.90 bits per heavy atom. The van der Waals surface area contributed by atoms with Gasteiger partial charge in [-0.3, -0.25) is 0 Å². The zero-order valence-electron chi connectivity index (χ0n) is 12.5. The second-order valence-electron chi connectivity index (χ2n) is 5.96. The van der Waals surface area contributed by atoms with Crippen molar-refractivity contribution in [2.45, 2.75) is 45.6 Å². The first-order chi connectivity index (χ1) is 9.78. The average Bonchev–Trinajstić information content (AvgIpc) is 2.96. The van der Waals surface area contributed by atoms with Crippen LogP contribution in [0.2, 0.25) is 0 Å². The van der Waals surface area contributed by atoms with Gasteiger partial charge in [-0.1, -0.05) is 31.9 Å². The monoisotopic (exact) mass is 277 g/mol. The van der Waals surface area contributed by atoms with Crippen molar-refractivity contribution in [3.05, 3.63) is 29.8 Å². The third-order valence-electron chi connectivity index (χ3n) is 4.22. The molecule has 1 aliphatic rings. The van der Waals surface area contributed by atoms with Crippen LogP contribution in [-0.2, 0) is 6.54 Å². The third-order valence-corrected chi connectivity index (χ3v) is 4.22. The molecule has 0 saturated heterocycles. The highest BCUT2D eigenvalue weighted by molar-refractivity contribution is 5.27. The minimum atomic E-state index is 0.129. The Hall–Kier alpha value is -1.06. The molecule has 0 aliphatic heterocycles. The Balaban J connectivity index is 1.76. The van der Waals surface area contributed by atoms with Gasteiger partial charge in [-0.05, 0) is 37.0 Å². The van der Waals surface area contributed by atoms with Crippen LogP contribution in [0, 0.1) is 5.41 Å². The number of nitrogens with one attached hydrogen (secondary N) is 1. The van der Waals surface area contributed by atoms with E-state index in [1.807, 2.05) is 12.1 Å². The first-order valence-electron chi connectivity index (χ1n) is 7.81. The number of aliphatic hydroxyl groups is 1. The van der Waals surface area contributed by atoms with Crippen LogP contribution < -0.4 is 10.1 Å². The molecule has 0 radical (unpaired) electrons. The van der Waals surface area contributed by atoms with Crippen molar-refractivity contribution in [3.8, 4) is 5.75 Å². The predicted octanol–water partition coefficient (Wildman–Crippen LogP) is 3.12. The minimum Gasteiger partial charge on any atom is -0.494 e. The van der Waals surface area contributed by atoms with E-state index in [1.54, 1.807) is 0 Å². The van der Waals surface area contributed by atoms with Crippen molar-refractivity contribution in [2.24, 2.45) is 5.41 Å². The molecule has 0 spiro atoms. The Morgan fingerprint density at radius 3 is 2.50 bits per heavy atom. The topological polar surface area (TPSA) is 41.5 Å². The summed E-state index contributed by atoms with van der Waals surface area (Å²) in [6.07, 6.45) is 5.85. The molecule has 0 aromatic heterocycles. The second kappa shape index (κ2) is 7.65. The van der Waals surface area contributed by atoms with Crippen molar-refractivity contribution in [3.63, 3.8) is 0 Å². The van der Waals surface area contributed by atoms with Crippen molar-refractivity contribution in [2.75, 3.05) is 19.8 Å². The van der Waals surface area contributed by atoms with Crippen LogP contribution in [0.5, 0.6) is 5.75 Å². The van der Waals surface area contributed by atoms with Gasteiger partial charge < -0.3 is 15.2 Å². The van der Waals surface area contributed by atoms with Crippen molar-refractivity contribution in [1.29, 1.82) is 0 Å². The first kappa shape index (κ1) is 15.3. The van der Waals surface area contributed by atoms with E-state index in [9.17, 15) is 5.11 Å². The molecule has 2 N–H and O–H groups in total. The highest BCUT2D eigenvalue weighted by Gasteiger charge is 2.32. The summed E-state index contributed by atoms with van der Waals surface area (Å²) >= 11 is 0. The molecule has 2 rings (SSSR count). The number of benzene rings is 1. The molecule has 1 fully saturated rings. The molecule has 1 aliphatic carbocycles. The highest BCUT2D eigenvalue weighted by Crippen LogP contribution is 2.36. The van der Waals surface area contributed by atoms with Crippen molar-refractivity contribution >= 4 is 0 Å². The first-order valence-corrected chi connectivity index (χ1v) is 7.81. The summed E-state index contributed by atoms with van der Waals surface area (Å²) in [5.74, 6) is 0.943. The maximum absolute atomic E-state index is 9.58. The van der Waals surface area contributed by atoms with Crippen molar-refractivity contribution in [1.82, 2.24) is 5.32 Å². The van der Waals surface area contributed by atoms with Crippen LogP contribution in [-0.4, -0.2) is 24.9 Å². The molecule has 0 bridgehead atoms. The number of ether oxygens (including phenoxy) is 1. The van der Waals surface area contributed by atoms with Gasteiger partial charge >= 0.3 is 0 Å². The molecule has 112 valence electrons. The summed E-state index contributed by atoms with van der Waals surface area (Å²) in [6, 6.07) is 8.28. The van der Waals surface area contributed by atoms with Gasteiger partial charge in [0.15, 0.2) is 0 Å². The van der Waals surface area contributed by atoms with Gasteiger partial charge in [0, 0.05) is 25.1 Å². The predicted molar refractivity (Wildman–Crippen MR) is 81.9 cm³/mol. The number of aliphatic hydroxyl groups excluding tert-OH is 1. The third kappa shape index (κ3) is 4.22. The van der Waals surface area contributed by atoms with Gasteiger partial charge in [0.1, 0.15) is 5.75 Å². The van der Waals surface area contributed by atoms with Crippen molar-refractivity contribution < 1.29 is 9.84 Å². The van der Waals surface area contributed by atoms with Gasteiger partial charge in [0.05, 0.1) is 6.61 Å². The molecule has 0 unspecified atom stereocenters. The Kier molecular flexibility index (Phi) is 5.86. The van der Waals surface area contributed by atoms with Crippen LogP contribution in [0.4, 0.5) is 0 Å². The summed E-state index contributed by atoms with van der Waals surface area (Å²) in [4.78, 5) is 0. The maximum Gasteiger partial charge on any atom is 0.119 e. The molecule has 1 aromatic rings. The largest absolute Gasteiger partial charge is 0.494 e. The fourth-order valence-corrected chi connectivity index (χ4v) is 2.91. The molecule has 1 aromatic carbocycles. The zero-order valence-corrected chi connectivity index (χ0v) is 12.5. The number of rotatable bonds is 8. The van der Waals surface area contributed by atoms with Crippen LogP contribution in [0.25, 0.3) is 0 Å². The molecule has 20 heavy (non-hydrogen) atoms. The quantitative estimate of drug-likeness (QED) is 0.767. The molecular weight excluding hydrogens is 250 g/mol. The standard InChI is InChI=1S/C17H27NO2/c1-2-11-20-16-7-5-15(6-8-16)12-18-13-17(14-19)9-3-4-10-17/h5-8,18-19H,2-4,9-14H2,1H3. The summed E-state index contributed by atoms with van der Waals surface area (Å²) < 4.78 is 5.58. The van der Waals surface area contributed by atoms with Crippen LogP contribution in [0.15, 0.2) is 24.3 Å². The minimum absolute atomic E-state index is 0.129. The van der Waals surface area contributed by atoms with E-state index in [4.69, 9.17) is 4.74 Å². The lowest BCUT2D eigenvalue weighted by Crippen LogP contribution is -2.34. The van der Waals surface area contributed by atoms with Gasteiger partial charge in [-0.2, -0.15) is 0 Å². The van der Waals surface area contributed by atoms with E-state index in [1.165, 1.54) is 18.4 Å². The smallest absolute Gasteiger partial charge is 0.119 e.